The van der Waals surface area contributed by atoms with Gasteiger partial charge in [0, 0.05) is 35.5 Å². The normalized spacial score (nSPS) is 15.4. The molecule has 0 aliphatic carbocycles. The molecule has 0 unspecified atom stereocenters. The number of nitrogens with zero attached hydrogens (tertiary/aromatic N) is 4. The van der Waals surface area contributed by atoms with Gasteiger partial charge in [-0.25, -0.2) is 19.6 Å². The number of anilines is 3. The number of fused-ring (bicyclic) bond motifs is 4. The lowest BCUT2D eigenvalue weighted by molar-refractivity contribution is -0.137. The van der Waals surface area contributed by atoms with Crippen LogP contribution in [0.4, 0.5) is 40.0 Å². The van der Waals surface area contributed by atoms with Crippen LogP contribution in [-0.2, 0) is 10.9 Å². The number of urea groups is 1. The first-order chi connectivity index (χ1) is 22.4. The molecule has 0 saturated carbocycles. The lowest BCUT2D eigenvalue weighted by atomic mass is 10.0. The molecule has 2 aliphatic rings. The van der Waals surface area contributed by atoms with Gasteiger partial charge in [-0.15, -0.1) is 0 Å². The SMILES string of the molecule is CC(C)(C)OC(=O)NCC#Cc1ccc(NC(=O)N2c3nc(-c4cccc(C(F)(F)F)c4)ccc3N3CC[C@H]2C3)cc1-c1cnco1. The van der Waals surface area contributed by atoms with Crippen LogP contribution in [0.2, 0.25) is 0 Å². The molecule has 1 saturated heterocycles. The van der Waals surface area contributed by atoms with Gasteiger partial charge in [-0.3, -0.25) is 4.90 Å². The fourth-order valence-electron chi connectivity index (χ4n) is 5.52. The number of benzene rings is 2. The van der Waals surface area contributed by atoms with Gasteiger partial charge >= 0.3 is 18.3 Å². The van der Waals surface area contributed by atoms with Crippen LogP contribution in [0.3, 0.4) is 0 Å². The Morgan fingerprint density at radius 2 is 1.94 bits per heavy atom. The Labute approximate surface area is 268 Å². The second-order valence-corrected chi connectivity index (χ2v) is 12.1. The molecule has 2 bridgehead atoms. The third-order valence-corrected chi connectivity index (χ3v) is 7.57. The first-order valence-electron chi connectivity index (χ1n) is 14.9. The van der Waals surface area contributed by atoms with E-state index < -0.39 is 29.5 Å². The molecule has 1 fully saturated rings. The third kappa shape index (κ3) is 7.01. The van der Waals surface area contributed by atoms with E-state index in [0.29, 0.717) is 52.6 Å². The van der Waals surface area contributed by atoms with Gasteiger partial charge < -0.3 is 24.7 Å². The number of alkyl carbamates (subject to hydrolysis) is 1. The molecule has 4 heterocycles. The van der Waals surface area contributed by atoms with Gasteiger partial charge in [0.2, 0.25) is 0 Å². The summed E-state index contributed by atoms with van der Waals surface area (Å²) < 4.78 is 51.0. The third-order valence-electron chi connectivity index (χ3n) is 7.57. The van der Waals surface area contributed by atoms with Crippen molar-refractivity contribution in [3.8, 4) is 34.4 Å². The number of oxazole rings is 1. The standard InChI is InChI=1S/C34H31F3N6O4/c1-33(2,3)47-32(45)39-14-5-7-21-9-10-24(17-26(21)29-18-38-20-46-29)40-31(44)43-25-13-15-42(19-25)28-12-11-27(41-30(28)43)22-6-4-8-23(16-22)34(35,36)37/h4,6,8-12,16-18,20,25H,13-15,19H2,1-3H3,(H,39,45)(H,40,44)/t25-/m0/s1. The molecule has 2 aromatic carbocycles. The van der Waals surface area contributed by atoms with Gasteiger partial charge in [-0.2, -0.15) is 13.2 Å². The van der Waals surface area contributed by atoms with E-state index in [4.69, 9.17) is 14.1 Å². The molecule has 0 radical (unpaired) electrons. The Morgan fingerprint density at radius 1 is 1.11 bits per heavy atom. The molecule has 2 N–H and O–H groups in total. The largest absolute Gasteiger partial charge is 0.444 e. The van der Waals surface area contributed by atoms with Crippen molar-refractivity contribution in [2.75, 3.05) is 34.8 Å². The number of nitrogens with one attached hydrogen (secondary N) is 2. The number of hydrogen-bond donors (Lipinski definition) is 2. The maximum absolute atomic E-state index is 13.9. The van der Waals surface area contributed by atoms with Gasteiger partial charge in [-0.1, -0.05) is 24.0 Å². The van der Waals surface area contributed by atoms with Gasteiger partial charge in [0.05, 0.1) is 35.7 Å². The van der Waals surface area contributed by atoms with Crippen molar-refractivity contribution in [1.82, 2.24) is 15.3 Å². The van der Waals surface area contributed by atoms with E-state index in [0.717, 1.165) is 24.4 Å². The molecule has 0 spiro atoms. The Kier molecular flexibility index (Phi) is 8.27. The Bertz CT molecular complexity index is 1880. The molecule has 10 nitrogen and oxygen atoms in total. The van der Waals surface area contributed by atoms with Crippen LogP contribution in [-0.4, -0.2) is 53.4 Å². The van der Waals surface area contributed by atoms with Crippen LogP contribution in [0.25, 0.3) is 22.6 Å². The maximum Gasteiger partial charge on any atom is 0.416 e. The van der Waals surface area contributed by atoms with Crippen molar-refractivity contribution < 1.29 is 31.9 Å². The Hall–Kier alpha value is -5.51. The van der Waals surface area contributed by atoms with Gasteiger partial charge in [0.15, 0.2) is 18.0 Å². The monoisotopic (exact) mass is 644 g/mol. The van der Waals surface area contributed by atoms with Crippen molar-refractivity contribution in [3.63, 3.8) is 0 Å². The van der Waals surface area contributed by atoms with Crippen LogP contribution in [0.15, 0.2) is 71.6 Å². The first kappa shape index (κ1) is 31.5. The number of pyridine rings is 1. The zero-order chi connectivity index (χ0) is 33.3. The number of amides is 3. The van der Waals surface area contributed by atoms with E-state index in [9.17, 15) is 22.8 Å². The number of aromatic nitrogens is 2. The summed E-state index contributed by atoms with van der Waals surface area (Å²) in [5.41, 5.74) is 1.55. The summed E-state index contributed by atoms with van der Waals surface area (Å²) in [5, 5.41) is 5.54. The average Bonchev–Trinajstić information content (AvgIpc) is 3.70. The van der Waals surface area contributed by atoms with E-state index in [1.54, 1.807) is 62.1 Å². The maximum atomic E-state index is 13.9. The Balaban J connectivity index is 1.26. The van der Waals surface area contributed by atoms with Crippen LogP contribution >= 0.6 is 0 Å². The molecule has 3 amide bonds. The minimum Gasteiger partial charge on any atom is -0.444 e. The smallest absolute Gasteiger partial charge is 0.416 e. The van der Waals surface area contributed by atoms with Crippen LogP contribution in [0.5, 0.6) is 0 Å². The molecule has 47 heavy (non-hydrogen) atoms. The highest BCUT2D eigenvalue weighted by molar-refractivity contribution is 6.05. The number of hydrogen-bond acceptors (Lipinski definition) is 7. The molecular weight excluding hydrogens is 613 g/mol. The first-order valence-corrected chi connectivity index (χ1v) is 14.9. The quantitative estimate of drug-likeness (QED) is 0.232. The van der Waals surface area contributed by atoms with Crippen LogP contribution in [0, 0.1) is 11.8 Å². The second kappa shape index (κ2) is 12.4. The van der Waals surface area contributed by atoms with Gasteiger partial charge in [0.1, 0.15) is 5.60 Å². The highest BCUT2D eigenvalue weighted by Crippen LogP contribution is 2.41. The molecule has 6 rings (SSSR count). The van der Waals surface area contributed by atoms with Crippen molar-refractivity contribution in [1.29, 1.82) is 0 Å². The summed E-state index contributed by atoms with van der Waals surface area (Å²) in [6, 6.07) is 13.0. The fraction of sp³-hybridized carbons (Fsp3) is 0.294. The minimum atomic E-state index is -4.50. The van der Waals surface area contributed by atoms with Crippen molar-refractivity contribution in [3.05, 3.63) is 78.3 Å². The highest BCUT2D eigenvalue weighted by Gasteiger charge is 2.40. The molecule has 2 aromatic heterocycles. The summed E-state index contributed by atoms with van der Waals surface area (Å²) in [7, 11) is 0. The minimum absolute atomic E-state index is 0.0471. The molecule has 13 heteroatoms. The van der Waals surface area contributed by atoms with Gasteiger partial charge in [-0.05, 0) is 69.7 Å². The van der Waals surface area contributed by atoms with E-state index in [-0.39, 0.29) is 12.6 Å². The zero-order valence-electron chi connectivity index (χ0n) is 25.8. The topological polar surface area (TPSA) is 113 Å². The van der Waals surface area contributed by atoms with E-state index in [1.807, 2.05) is 0 Å². The number of carbonyl (C=O) groups is 2. The van der Waals surface area contributed by atoms with Crippen molar-refractivity contribution >= 4 is 29.3 Å². The van der Waals surface area contributed by atoms with Gasteiger partial charge in [0.25, 0.3) is 0 Å². The summed E-state index contributed by atoms with van der Waals surface area (Å²) in [4.78, 5) is 38.3. The van der Waals surface area contributed by atoms with Crippen LogP contribution < -0.4 is 20.4 Å². The molecule has 4 aromatic rings. The van der Waals surface area contributed by atoms with Crippen LogP contribution in [0.1, 0.15) is 38.3 Å². The number of ether oxygens (including phenoxy) is 1. The molecule has 1 atom stereocenters. The predicted molar refractivity (Wildman–Crippen MR) is 170 cm³/mol. The summed E-state index contributed by atoms with van der Waals surface area (Å²) in [5.74, 6) is 6.71. The van der Waals surface area contributed by atoms with E-state index in [1.165, 1.54) is 18.7 Å². The summed E-state index contributed by atoms with van der Waals surface area (Å²) in [6.07, 6.45) is -1.56. The number of carbonyl (C=O) groups excluding carboxylic acids is 2. The van der Waals surface area contributed by atoms with E-state index >= 15 is 0 Å². The lowest BCUT2D eigenvalue weighted by Crippen LogP contribution is -2.48. The number of alkyl halides is 3. The molecule has 2 aliphatic heterocycles. The van der Waals surface area contributed by atoms with E-state index in [2.05, 4.69) is 32.4 Å². The summed E-state index contributed by atoms with van der Waals surface area (Å²) >= 11 is 0. The number of halogens is 3. The number of rotatable bonds is 4. The molecular formula is C34H31F3N6O4. The highest BCUT2D eigenvalue weighted by atomic mass is 19.4. The summed E-state index contributed by atoms with van der Waals surface area (Å²) in [6.45, 7) is 6.68. The predicted octanol–water partition coefficient (Wildman–Crippen LogP) is 6.93. The Morgan fingerprint density at radius 3 is 2.68 bits per heavy atom. The molecule has 242 valence electrons. The lowest BCUT2D eigenvalue weighted by Gasteiger charge is -2.36. The second-order valence-electron chi connectivity index (χ2n) is 12.1. The zero-order valence-corrected chi connectivity index (χ0v) is 25.8. The van der Waals surface area contributed by atoms with Crippen molar-refractivity contribution in [2.24, 2.45) is 0 Å². The average molecular weight is 645 g/mol. The van der Waals surface area contributed by atoms with Crippen molar-refractivity contribution in [2.45, 2.75) is 45.0 Å². The fourth-order valence-corrected chi connectivity index (χ4v) is 5.52.